The van der Waals surface area contributed by atoms with Gasteiger partial charge in [0.15, 0.2) is 4.96 Å². The molecule has 0 amide bonds. The number of fused-ring (bicyclic) bond motifs is 1. The second-order valence-electron chi connectivity index (χ2n) is 2.36. The summed E-state index contributed by atoms with van der Waals surface area (Å²) in [7, 11) is 0. The average Bonchev–Trinajstić information content (AvgIpc) is 2.46. The number of hydrogen-bond acceptors (Lipinski definition) is 2. The molecule has 0 aliphatic rings. The molecule has 0 aliphatic carbocycles. The molecular weight excluding hydrogens is 156 g/mol. The molecule has 2 heterocycles. The standard InChI is InChI=1S/C8H9N2S/c1-2-3-7-6-10-5-4-9-8(10)11-7/h3-6H,2H2,1H3. The van der Waals surface area contributed by atoms with Gasteiger partial charge >= 0.3 is 0 Å². The van der Waals surface area contributed by atoms with Crippen LogP contribution < -0.4 is 0 Å². The predicted octanol–water partition coefficient (Wildman–Crippen LogP) is 2.36. The van der Waals surface area contributed by atoms with Crippen LogP contribution in [-0.2, 0) is 0 Å². The van der Waals surface area contributed by atoms with Crippen LogP contribution in [0.3, 0.4) is 0 Å². The first-order valence-electron chi connectivity index (χ1n) is 3.66. The molecule has 57 valence electrons. The highest BCUT2D eigenvalue weighted by Gasteiger charge is 1.99. The second kappa shape index (κ2) is 2.66. The molecule has 2 nitrogen and oxygen atoms in total. The molecule has 0 fully saturated rings. The summed E-state index contributed by atoms with van der Waals surface area (Å²) in [5, 5.41) is 0. The zero-order valence-corrected chi connectivity index (χ0v) is 7.14. The van der Waals surface area contributed by atoms with Crippen molar-refractivity contribution in [2.24, 2.45) is 0 Å². The fourth-order valence-corrected chi connectivity index (χ4v) is 2.00. The zero-order chi connectivity index (χ0) is 7.68. The highest BCUT2D eigenvalue weighted by molar-refractivity contribution is 7.17. The first-order valence-corrected chi connectivity index (χ1v) is 4.47. The van der Waals surface area contributed by atoms with Crippen molar-refractivity contribution in [3.63, 3.8) is 0 Å². The topological polar surface area (TPSA) is 17.3 Å². The van der Waals surface area contributed by atoms with Crippen molar-refractivity contribution in [2.75, 3.05) is 0 Å². The normalized spacial score (nSPS) is 11.0. The summed E-state index contributed by atoms with van der Waals surface area (Å²) >= 11 is 1.72. The van der Waals surface area contributed by atoms with Crippen molar-refractivity contribution in [1.29, 1.82) is 0 Å². The minimum Gasteiger partial charge on any atom is -0.297 e. The Morgan fingerprint density at radius 2 is 2.64 bits per heavy atom. The largest absolute Gasteiger partial charge is 0.297 e. The molecular formula is C8H9N2S. The van der Waals surface area contributed by atoms with Gasteiger partial charge in [-0.3, -0.25) is 4.40 Å². The van der Waals surface area contributed by atoms with Crippen molar-refractivity contribution in [3.8, 4) is 0 Å². The molecule has 2 aromatic heterocycles. The van der Waals surface area contributed by atoms with Gasteiger partial charge in [0.2, 0.25) is 0 Å². The monoisotopic (exact) mass is 165 g/mol. The lowest BCUT2D eigenvalue weighted by atomic mass is 10.3. The molecule has 0 aromatic carbocycles. The van der Waals surface area contributed by atoms with Crippen LogP contribution in [0, 0.1) is 6.42 Å². The summed E-state index contributed by atoms with van der Waals surface area (Å²) in [5.74, 6) is 0. The second-order valence-corrected chi connectivity index (χ2v) is 3.40. The van der Waals surface area contributed by atoms with Gasteiger partial charge in [-0.25, -0.2) is 4.98 Å². The number of hydrogen-bond donors (Lipinski definition) is 0. The number of aromatic nitrogens is 2. The van der Waals surface area contributed by atoms with E-state index < -0.39 is 0 Å². The summed E-state index contributed by atoms with van der Waals surface area (Å²) in [6.07, 6.45) is 9.19. The Morgan fingerprint density at radius 3 is 3.36 bits per heavy atom. The molecule has 0 atom stereocenters. The van der Waals surface area contributed by atoms with Gasteiger partial charge in [-0.1, -0.05) is 6.92 Å². The average molecular weight is 165 g/mol. The Labute approximate surface area is 69.5 Å². The fourth-order valence-electron chi connectivity index (χ4n) is 1.04. The van der Waals surface area contributed by atoms with Gasteiger partial charge < -0.3 is 0 Å². The molecule has 2 rings (SSSR count). The van der Waals surface area contributed by atoms with Crippen molar-refractivity contribution in [2.45, 2.75) is 13.3 Å². The van der Waals surface area contributed by atoms with Crippen molar-refractivity contribution in [1.82, 2.24) is 9.38 Å². The Morgan fingerprint density at radius 1 is 1.73 bits per heavy atom. The van der Waals surface area contributed by atoms with Crippen LogP contribution in [0.5, 0.6) is 0 Å². The smallest absolute Gasteiger partial charge is 0.193 e. The molecule has 0 spiro atoms. The Hall–Kier alpha value is -0.830. The molecule has 1 radical (unpaired) electrons. The van der Waals surface area contributed by atoms with Crippen LogP contribution in [0.2, 0.25) is 0 Å². The molecule has 0 aliphatic heterocycles. The Bertz CT molecular complexity index is 319. The summed E-state index contributed by atoms with van der Waals surface area (Å²) in [6.45, 7) is 2.14. The van der Waals surface area contributed by atoms with Crippen LogP contribution in [0.1, 0.15) is 18.2 Å². The number of thiazole rings is 1. The van der Waals surface area contributed by atoms with Gasteiger partial charge in [0, 0.05) is 29.9 Å². The van der Waals surface area contributed by atoms with E-state index in [0.717, 1.165) is 11.4 Å². The highest BCUT2D eigenvalue weighted by atomic mass is 32.1. The van der Waals surface area contributed by atoms with E-state index >= 15 is 0 Å². The molecule has 2 aromatic rings. The molecule has 0 bridgehead atoms. The molecule has 0 saturated carbocycles. The van der Waals surface area contributed by atoms with Crippen LogP contribution in [0.15, 0.2) is 18.6 Å². The first-order chi connectivity index (χ1) is 5.40. The third kappa shape index (κ3) is 1.16. The minimum absolute atomic E-state index is 1.07. The quantitative estimate of drug-likeness (QED) is 0.667. The van der Waals surface area contributed by atoms with E-state index in [1.165, 1.54) is 4.88 Å². The number of imidazole rings is 1. The highest BCUT2D eigenvalue weighted by Crippen LogP contribution is 2.18. The van der Waals surface area contributed by atoms with Gasteiger partial charge in [0.05, 0.1) is 0 Å². The molecule has 3 heteroatoms. The lowest BCUT2D eigenvalue weighted by Gasteiger charge is -1.85. The van der Waals surface area contributed by atoms with E-state index in [1.54, 1.807) is 11.3 Å². The van der Waals surface area contributed by atoms with Crippen LogP contribution in [-0.4, -0.2) is 9.38 Å². The number of rotatable bonds is 2. The van der Waals surface area contributed by atoms with Crippen molar-refractivity contribution >= 4 is 16.3 Å². The van der Waals surface area contributed by atoms with E-state index in [-0.39, 0.29) is 0 Å². The third-order valence-electron chi connectivity index (χ3n) is 1.51. The van der Waals surface area contributed by atoms with Crippen molar-refractivity contribution in [3.05, 3.63) is 29.9 Å². The lowest BCUT2D eigenvalue weighted by molar-refractivity contribution is 1.12. The summed E-state index contributed by atoms with van der Waals surface area (Å²) in [4.78, 5) is 6.56. The molecule has 0 N–H and O–H groups in total. The third-order valence-corrected chi connectivity index (χ3v) is 2.52. The zero-order valence-electron chi connectivity index (χ0n) is 6.32. The summed E-state index contributed by atoms with van der Waals surface area (Å²) in [5.41, 5.74) is 0. The van der Waals surface area contributed by atoms with Crippen LogP contribution >= 0.6 is 11.3 Å². The lowest BCUT2D eigenvalue weighted by Crippen LogP contribution is -1.72. The van der Waals surface area contributed by atoms with E-state index in [0.29, 0.717) is 0 Å². The molecule has 0 saturated heterocycles. The maximum absolute atomic E-state index is 4.18. The SMILES string of the molecule is CC[CH]c1cn2ccnc2s1. The Kier molecular flexibility index (Phi) is 1.66. The fraction of sp³-hybridized carbons (Fsp3) is 0.250. The Balaban J connectivity index is 2.42. The molecule has 0 unspecified atom stereocenters. The van der Waals surface area contributed by atoms with Gasteiger partial charge in [-0.15, -0.1) is 11.3 Å². The van der Waals surface area contributed by atoms with E-state index in [1.807, 2.05) is 16.8 Å². The minimum atomic E-state index is 1.07. The predicted molar refractivity (Wildman–Crippen MR) is 46.8 cm³/mol. The first kappa shape index (κ1) is 6.85. The van der Waals surface area contributed by atoms with E-state index in [4.69, 9.17) is 0 Å². The van der Waals surface area contributed by atoms with Crippen molar-refractivity contribution < 1.29 is 0 Å². The maximum Gasteiger partial charge on any atom is 0.193 e. The van der Waals surface area contributed by atoms with Gasteiger partial charge in [-0.05, 0) is 6.42 Å². The van der Waals surface area contributed by atoms with E-state index in [9.17, 15) is 0 Å². The van der Waals surface area contributed by atoms with Gasteiger partial charge in [0.1, 0.15) is 0 Å². The maximum atomic E-state index is 4.18. The van der Waals surface area contributed by atoms with Gasteiger partial charge in [-0.2, -0.15) is 0 Å². The summed E-state index contributed by atoms with van der Waals surface area (Å²) in [6, 6.07) is 0. The van der Waals surface area contributed by atoms with Crippen LogP contribution in [0.4, 0.5) is 0 Å². The molecule has 11 heavy (non-hydrogen) atoms. The summed E-state index contributed by atoms with van der Waals surface area (Å²) < 4.78 is 2.05. The van der Waals surface area contributed by atoms with E-state index in [2.05, 4.69) is 24.5 Å². The number of nitrogens with zero attached hydrogens (tertiary/aromatic N) is 2. The van der Waals surface area contributed by atoms with Gasteiger partial charge in [0.25, 0.3) is 0 Å². The van der Waals surface area contributed by atoms with Crippen LogP contribution in [0.25, 0.3) is 4.96 Å².